The van der Waals surface area contributed by atoms with Gasteiger partial charge in [-0.3, -0.25) is 4.79 Å². The van der Waals surface area contributed by atoms with Crippen LogP contribution in [-0.4, -0.2) is 47.9 Å². The summed E-state index contributed by atoms with van der Waals surface area (Å²) in [5, 5.41) is 1.01. The summed E-state index contributed by atoms with van der Waals surface area (Å²) in [6.07, 6.45) is 1.25. The predicted octanol–water partition coefficient (Wildman–Crippen LogP) is 2.21. The van der Waals surface area contributed by atoms with Crippen molar-refractivity contribution in [3.63, 3.8) is 0 Å². The quantitative estimate of drug-likeness (QED) is 0.804. The minimum Gasteiger partial charge on any atom is -0.451 e. The highest BCUT2D eigenvalue weighted by atomic mass is 16.3. The summed E-state index contributed by atoms with van der Waals surface area (Å²) in [6.45, 7) is 4.34. The lowest BCUT2D eigenvalue weighted by Crippen LogP contribution is -2.54. The van der Waals surface area contributed by atoms with Crippen molar-refractivity contribution in [3.8, 4) is 0 Å². The molecule has 1 unspecified atom stereocenters. The van der Waals surface area contributed by atoms with Crippen LogP contribution in [0.1, 0.15) is 17.0 Å². The molecule has 21 heavy (non-hydrogen) atoms. The molecule has 4 nitrogen and oxygen atoms in total. The van der Waals surface area contributed by atoms with Gasteiger partial charge in [0.05, 0.1) is 0 Å². The Hall–Kier alpha value is -1.81. The molecule has 4 saturated heterocycles. The second-order valence-electron chi connectivity index (χ2n) is 6.65. The van der Waals surface area contributed by atoms with Crippen LogP contribution in [0.2, 0.25) is 0 Å². The van der Waals surface area contributed by atoms with Gasteiger partial charge in [-0.2, -0.15) is 0 Å². The van der Waals surface area contributed by atoms with Crippen molar-refractivity contribution in [2.45, 2.75) is 12.5 Å². The van der Waals surface area contributed by atoms with Crippen molar-refractivity contribution >= 4 is 16.9 Å². The monoisotopic (exact) mass is 282 g/mol. The zero-order valence-electron chi connectivity index (χ0n) is 11.9. The maximum absolute atomic E-state index is 12.8. The molecule has 2 aromatic rings. The number of furan rings is 1. The van der Waals surface area contributed by atoms with Gasteiger partial charge < -0.3 is 14.2 Å². The first kappa shape index (κ1) is 11.8. The molecular formula is C17H18N2O2. The number of benzene rings is 1. The van der Waals surface area contributed by atoms with Gasteiger partial charge in [0, 0.05) is 31.1 Å². The van der Waals surface area contributed by atoms with Crippen LogP contribution in [0.3, 0.4) is 0 Å². The highest BCUT2D eigenvalue weighted by Crippen LogP contribution is 2.42. The number of carbonyl (C=O) groups is 1. The van der Waals surface area contributed by atoms with Crippen molar-refractivity contribution in [2.24, 2.45) is 11.8 Å². The molecule has 1 aromatic carbocycles. The number of carbonyl (C=O) groups excluding carboxylic acids is 1. The molecule has 0 spiro atoms. The molecule has 0 saturated carbocycles. The summed E-state index contributed by atoms with van der Waals surface area (Å²) in [4.78, 5) is 17.4. The number of hydrogen-bond donors (Lipinski definition) is 0. The fourth-order valence-corrected chi connectivity index (χ4v) is 4.57. The molecule has 1 aromatic heterocycles. The van der Waals surface area contributed by atoms with Crippen molar-refractivity contribution in [1.29, 1.82) is 0 Å². The lowest BCUT2D eigenvalue weighted by atomic mass is 9.80. The van der Waals surface area contributed by atoms with Crippen LogP contribution in [0.5, 0.6) is 0 Å². The van der Waals surface area contributed by atoms with E-state index in [9.17, 15) is 4.79 Å². The van der Waals surface area contributed by atoms with Gasteiger partial charge in [-0.05, 0) is 36.9 Å². The molecule has 0 radical (unpaired) electrons. The molecule has 4 aliphatic heterocycles. The van der Waals surface area contributed by atoms with E-state index in [-0.39, 0.29) is 5.91 Å². The summed E-state index contributed by atoms with van der Waals surface area (Å²) in [5.74, 6) is 1.95. The number of nitrogens with zero attached hydrogens (tertiary/aromatic N) is 2. The fraction of sp³-hybridized carbons (Fsp3) is 0.471. The van der Waals surface area contributed by atoms with E-state index in [4.69, 9.17) is 4.42 Å². The third-order valence-electron chi connectivity index (χ3n) is 5.55. The first-order chi connectivity index (χ1) is 10.3. The summed E-state index contributed by atoms with van der Waals surface area (Å²) in [6, 6.07) is 10.1. The van der Waals surface area contributed by atoms with E-state index in [1.165, 1.54) is 19.5 Å². The van der Waals surface area contributed by atoms with Crippen LogP contribution in [0.25, 0.3) is 11.0 Å². The van der Waals surface area contributed by atoms with Crippen LogP contribution < -0.4 is 0 Å². The Morgan fingerprint density at radius 3 is 2.90 bits per heavy atom. The molecular weight excluding hydrogens is 264 g/mol. The third kappa shape index (κ3) is 1.62. The molecule has 4 heteroatoms. The lowest BCUT2D eigenvalue weighted by molar-refractivity contribution is 0.0408. The Kier molecular flexibility index (Phi) is 2.31. The topological polar surface area (TPSA) is 36.7 Å². The minimum atomic E-state index is 0.0763. The van der Waals surface area contributed by atoms with Crippen molar-refractivity contribution in [2.75, 3.05) is 26.2 Å². The molecule has 4 aliphatic rings. The Bertz CT molecular complexity index is 689. The average Bonchev–Trinajstić information content (AvgIpc) is 3.06. The summed E-state index contributed by atoms with van der Waals surface area (Å²) < 4.78 is 5.77. The molecule has 6 rings (SSSR count). The van der Waals surface area contributed by atoms with Gasteiger partial charge in [-0.1, -0.05) is 18.2 Å². The zero-order valence-corrected chi connectivity index (χ0v) is 11.9. The van der Waals surface area contributed by atoms with Gasteiger partial charge in [0.1, 0.15) is 5.58 Å². The van der Waals surface area contributed by atoms with Crippen molar-refractivity contribution < 1.29 is 9.21 Å². The SMILES string of the molecule is O=C(c1cc2ccccc2o1)N1C[C@@H]2CN3CC[C@@H]2[C@@H]1C3. The van der Waals surface area contributed by atoms with E-state index >= 15 is 0 Å². The minimum absolute atomic E-state index is 0.0763. The number of fused-ring (bicyclic) bond motifs is 2. The van der Waals surface area contributed by atoms with E-state index < -0.39 is 0 Å². The Morgan fingerprint density at radius 2 is 2.10 bits per heavy atom. The molecule has 1 amide bonds. The van der Waals surface area contributed by atoms with Crippen molar-refractivity contribution in [3.05, 3.63) is 36.1 Å². The maximum atomic E-state index is 12.8. The Labute approximate surface area is 123 Å². The number of piperidine rings is 3. The van der Waals surface area contributed by atoms with E-state index in [1.807, 2.05) is 30.3 Å². The molecule has 5 heterocycles. The van der Waals surface area contributed by atoms with E-state index in [1.54, 1.807) is 0 Å². The molecule has 0 aliphatic carbocycles. The normalized spacial score (nSPS) is 33.8. The first-order valence-electron chi connectivity index (χ1n) is 7.81. The Morgan fingerprint density at radius 1 is 1.19 bits per heavy atom. The third-order valence-corrected chi connectivity index (χ3v) is 5.55. The maximum Gasteiger partial charge on any atom is 0.289 e. The fourth-order valence-electron chi connectivity index (χ4n) is 4.57. The van der Waals surface area contributed by atoms with Gasteiger partial charge in [-0.25, -0.2) is 0 Å². The van der Waals surface area contributed by atoms with E-state index in [0.29, 0.717) is 23.6 Å². The Balaban J connectivity index is 1.49. The summed E-state index contributed by atoms with van der Waals surface area (Å²) in [7, 11) is 0. The number of para-hydroxylation sites is 1. The van der Waals surface area contributed by atoms with E-state index in [2.05, 4.69) is 9.80 Å². The van der Waals surface area contributed by atoms with Gasteiger partial charge >= 0.3 is 0 Å². The summed E-state index contributed by atoms with van der Waals surface area (Å²) in [5.41, 5.74) is 0.799. The van der Waals surface area contributed by atoms with Crippen LogP contribution in [-0.2, 0) is 0 Å². The molecule has 4 fully saturated rings. The lowest BCUT2D eigenvalue weighted by Gasteiger charge is -2.44. The highest BCUT2D eigenvalue weighted by Gasteiger charge is 2.51. The number of amides is 1. The second kappa shape index (κ2) is 4.10. The van der Waals surface area contributed by atoms with Crippen LogP contribution in [0.4, 0.5) is 0 Å². The largest absolute Gasteiger partial charge is 0.451 e. The summed E-state index contributed by atoms with van der Waals surface area (Å²) >= 11 is 0. The van der Waals surface area contributed by atoms with Gasteiger partial charge in [0.25, 0.3) is 5.91 Å². The van der Waals surface area contributed by atoms with Gasteiger partial charge in [-0.15, -0.1) is 0 Å². The molecule has 4 atom stereocenters. The number of hydrogen-bond acceptors (Lipinski definition) is 3. The zero-order chi connectivity index (χ0) is 14.0. The highest BCUT2D eigenvalue weighted by molar-refractivity contribution is 5.96. The average molecular weight is 282 g/mol. The predicted molar refractivity (Wildman–Crippen MR) is 79.1 cm³/mol. The number of rotatable bonds is 1. The van der Waals surface area contributed by atoms with Crippen molar-refractivity contribution in [1.82, 2.24) is 9.80 Å². The standard InChI is InChI=1S/C17H18N2O2/c20-17(16-7-11-3-1-2-4-15(11)21-16)19-9-12-8-18-6-5-13(12)14(19)10-18/h1-4,7,12-14H,5-6,8-10H2/t12-,13-,14-/m0/s1. The molecule has 4 bridgehead atoms. The van der Waals surface area contributed by atoms with Gasteiger partial charge in [0.2, 0.25) is 0 Å². The van der Waals surface area contributed by atoms with E-state index in [0.717, 1.165) is 24.1 Å². The smallest absolute Gasteiger partial charge is 0.289 e. The van der Waals surface area contributed by atoms with Gasteiger partial charge in [0.15, 0.2) is 5.76 Å². The van der Waals surface area contributed by atoms with Crippen LogP contribution in [0, 0.1) is 11.8 Å². The molecule has 0 N–H and O–H groups in total. The molecule has 108 valence electrons. The number of likely N-dealkylation sites (tertiary alicyclic amines) is 1. The van der Waals surface area contributed by atoms with Crippen LogP contribution >= 0.6 is 0 Å². The second-order valence-corrected chi connectivity index (χ2v) is 6.65. The first-order valence-corrected chi connectivity index (χ1v) is 7.81. The van der Waals surface area contributed by atoms with Crippen LogP contribution in [0.15, 0.2) is 34.7 Å².